The van der Waals surface area contributed by atoms with E-state index in [1.165, 1.54) is 61.1 Å². The van der Waals surface area contributed by atoms with Crippen LogP contribution in [-0.2, 0) is 22.4 Å². The van der Waals surface area contributed by atoms with Gasteiger partial charge in [0.1, 0.15) is 0 Å². The molecular weight excluding hydrogens is 830 g/mol. The van der Waals surface area contributed by atoms with E-state index in [-0.39, 0.29) is 22.4 Å². The minimum absolute atomic E-state index is 0. The van der Waals surface area contributed by atoms with E-state index in [0.29, 0.717) is 23.7 Å². The van der Waals surface area contributed by atoms with Gasteiger partial charge < -0.3 is 9.13 Å². The van der Waals surface area contributed by atoms with E-state index >= 15 is 0 Å². The summed E-state index contributed by atoms with van der Waals surface area (Å²) >= 11 is 0. The maximum absolute atomic E-state index is 4.86. The standard InChI is InChI=1S/C30H37N3.C18H12N.Au/c1-19(2)23-12-9-13-24(20(3)4)28(23)32-18-33(30-27(32)16-11-17-31-30)29-25(21(5)6)14-10-15-26(29)22(7)8;1-2-8-14(9-3-1)19-17-12-6-4-10-15(17)16-11-5-7-13-18(16)19;/h9-17,19-22H,1-8H3;1-10,12-13H;/q;-1;. The molecule has 1 radical (unpaired) electrons. The second kappa shape index (κ2) is 16.1. The predicted octanol–water partition coefficient (Wildman–Crippen LogP) is 12.2. The molecule has 0 fully saturated rings. The third-order valence-electron chi connectivity index (χ3n) is 10.1. The van der Waals surface area contributed by atoms with Crippen LogP contribution >= 0.6 is 0 Å². The van der Waals surface area contributed by atoms with Crippen molar-refractivity contribution in [1.82, 2.24) is 14.1 Å². The van der Waals surface area contributed by atoms with Gasteiger partial charge in [-0.25, -0.2) is 0 Å². The molecule has 3 heterocycles. The number of fused-ring (bicyclic) bond motifs is 4. The van der Waals surface area contributed by atoms with Gasteiger partial charge in [0.15, 0.2) is 6.33 Å². The van der Waals surface area contributed by atoms with Crippen molar-refractivity contribution in [3.63, 3.8) is 0 Å². The van der Waals surface area contributed by atoms with Crippen LogP contribution in [0.3, 0.4) is 0 Å². The number of pyridine rings is 1. The maximum Gasteiger partial charge on any atom is 0.208 e. The summed E-state index contributed by atoms with van der Waals surface area (Å²) in [6.07, 6.45) is 5.66. The minimum Gasteiger partial charge on any atom is -0.359 e. The van der Waals surface area contributed by atoms with E-state index in [9.17, 15) is 0 Å². The van der Waals surface area contributed by atoms with Gasteiger partial charge in [-0.05, 0) is 75.7 Å². The summed E-state index contributed by atoms with van der Waals surface area (Å²) in [7, 11) is 0. The number of nitrogens with zero attached hydrogens (tertiary/aromatic N) is 4. The Morgan fingerprint density at radius 1 is 0.547 bits per heavy atom. The normalized spacial score (nSPS) is 11.5. The van der Waals surface area contributed by atoms with Gasteiger partial charge >= 0.3 is 0 Å². The largest absolute Gasteiger partial charge is 0.359 e. The topological polar surface area (TPSA) is 26.6 Å². The number of imidazole rings is 1. The van der Waals surface area contributed by atoms with Crippen molar-refractivity contribution < 1.29 is 26.9 Å². The van der Waals surface area contributed by atoms with Gasteiger partial charge in [-0.15, -0.1) is 29.7 Å². The smallest absolute Gasteiger partial charge is 0.208 e. The van der Waals surface area contributed by atoms with Crippen molar-refractivity contribution in [2.75, 3.05) is 0 Å². The van der Waals surface area contributed by atoms with E-state index in [4.69, 9.17) is 4.98 Å². The summed E-state index contributed by atoms with van der Waals surface area (Å²) in [5.74, 6) is 1.61. The Morgan fingerprint density at radius 2 is 1.09 bits per heavy atom. The Labute approximate surface area is 330 Å². The van der Waals surface area contributed by atoms with Crippen LogP contribution in [0, 0.1) is 12.4 Å². The van der Waals surface area contributed by atoms with Crippen LogP contribution in [0.25, 0.3) is 50.0 Å². The van der Waals surface area contributed by atoms with Crippen molar-refractivity contribution in [1.29, 1.82) is 0 Å². The van der Waals surface area contributed by atoms with Crippen molar-refractivity contribution in [2.45, 2.75) is 79.1 Å². The molecule has 8 aromatic rings. The van der Waals surface area contributed by atoms with Gasteiger partial charge in [-0.1, -0.05) is 140 Å². The van der Waals surface area contributed by atoms with Crippen molar-refractivity contribution >= 4 is 33.0 Å². The average Bonchev–Trinajstić information content (AvgIpc) is 3.71. The molecule has 4 nitrogen and oxygen atoms in total. The molecule has 0 aliphatic carbocycles. The van der Waals surface area contributed by atoms with Crippen LogP contribution in [0.2, 0.25) is 0 Å². The van der Waals surface area contributed by atoms with E-state index in [2.05, 4.69) is 179 Å². The molecule has 0 saturated carbocycles. The number of para-hydroxylation sites is 4. The van der Waals surface area contributed by atoms with E-state index in [1.807, 2.05) is 30.5 Å². The van der Waals surface area contributed by atoms with Crippen LogP contribution < -0.4 is 4.57 Å². The van der Waals surface area contributed by atoms with Crippen LogP contribution in [-0.4, -0.2) is 14.1 Å². The third-order valence-corrected chi connectivity index (χ3v) is 10.1. The molecule has 0 unspecified atom stereocenters. The van der Waals surface area contributed by atoms with Crippen molar-refractivity contribution in [2.24, 2.45) is 0 Å². The SMILES string of the molecule is CC(C)c1cccc(C(C)C)c1-n1[c-][n+](-c2c(C(C)C)cccc2C(C)C)c2ncccc21.[Au].[c-]1cccc2c1c1ccccc1n2-c1ccccc1. The van der Waals surface area contributed by atoms with E-state index in [0.717, 1.165) is 11.2 Å². The Morgan fingerprint density at radius 3 is 1.72 bits per heavy atom. The molecule has 0 atom stereocenters. The fourth-order valence-electron chi connectivity index (χ4n) is 7.50. The number of rotatable bonds is 7. The zero-order valence-corrected chi connectivity index (χ0v) is 34.2. The van der Waals surface area contributed by atoms with E-state index < -0.39 is 0 Å². The minimum atomic E-state index is 0. The molecule has 8 rings (SSSR count). The molecule has 0 spiro atoms. The van der Waals surface area contributed by atoms with Crippen molar-refractivity contribution in [3.8, 4) is 17.1 Å². The number of aromatic nitrogens is 4. The van der Waals surface area contributed by atoms with Crippen LogP contribution in [0.4, 0.5) is 0 Å². The molecule has 0 bridgehead atoms. The maximum atomic E-state index is 4.86. The molecule has 0 aliphatic rings. The second-order valence-electron chi connectivity index (χ2n) is 14.9. The summed E-state index contributed by atoms with van der Waals surface area (Å²) < 4.78 is 6.76. The van der Waals surface area contributed by atoms with Crippen LogP contribution in [0.1, 0.15) is 101 Å². The second-order valence-corrected chi connectivity index (χ2v) is 14.9. The first-order chi connectivity index (χ1) is 25.2. The van der Waals surface area contributed by atoms with Gasteiger partial charge in [-0.3, -0.25) is 4.57 Å². The van der Waals surface area contributed by atoms with Crippen molar-refractivity contribution in [3.05, 3.63) is 162 Å². The Bertz CT molecular complexity index is 2280. The summed E-state index contributed by atoms with van der Waals surface area (Å²) in [6.45, 7) is 18.1. The molecule has 0 N–H and O–H groups in total. The monoisotopic (exact) mass is 878 g/mol. The number of hydrogen-bond donors (Lipinski definition) is 0. The van der Waals surface area contributed by atoms with Gasteiger partial charge in [-0.2, -0.15) is 4.98 Å². The molecule has 3 aromatic heterocycles. The Balaban J connectivity index is 0.000000203. The van der Waals surface area contributed by atoms with Gasteiger partial charge in [0.05, 0.1) is 11.7 Å². The Kier molecular flexibility index (Phi) is 11.5. The van der Waals surface area contributed by atoms with Crippen LogP contribution in [0.5, 0.6) is 0 Å². The first kappa shape index (κ1) is 38.0. The molecular formula is C48H49AuN4-. The fourth-order valence-corrected chi connectivity index (χ4v) is 7.50. The summed E-state index contributed by atoms with van der Waals surface area (Å²) in [4.78, 5) is 4.86. The average molecular weight is 879 g/mol. The Hall–Kier alpha value is -4.74. The molecule has 53 heavy (non-hydrogen) atoms. The first-order valence-electron chi connectivity index (χ1n) is 18.7. The first-order valence-corrected chi connectivity index (χ1v) is 18.7. The molecule has 0 saturated heterocycles. The van der Waals surface area contributed by atoms with E-state index in [1.54, 1.807) is 0 Å². The number of hydrogen-bond acceptors (Lipinski definition) is 1. The molecule has 273 valence electrons. The molecule has 0 amide bonds. The summed E-state index contributed by atoms with van der Waals surface area (Å²) in [5, 5.41) is 2.43. The molecule has 5 heteroatoms. The van der Waals surface area contributed by atoms with Gasteiger partial charge in [0, 0.05) is 45.0 Å². The van der Waals surface area contributed by atoms with Crippen LogP contribution in [0.15, 0.2) is 128 Å². The summed E-state index contributed by atoms with van der Waals surface area (Å²) in [6, 6.07) is 46.1. The molecule has 5 aromatic carbocycles. The molecule has 0 aliphatic heterocycles. The zero-order chi connectivity index (χ0) is 36.5. The van der Waals surface area contributed by atoms with Gasteiger partial charge in [0.25, 0.3) is 0 Å². The third kappa shape index (κ3) is 7.16. The summed E-state index contributed by atoms with van der Waals surface area (Å²) in [5.41, 5.74) is 13.4. The number of benzene rings is 5. The fraction of sp³-hybridized carbons (Fsp3) is 0.250. The predicted molar refractivity (Wildman–Crippen MR) is 217 cm³/mol. The quantitative estimate of drug-likeness (QED) is 0.0890. The zero-order valence-electron chi connectivity index (χ0n) is 32.0. The van der Waals surface area contributed by atoms with Gasteiger partial charge in [0.2, 0.25) is 5.65 Å².